The molecule has 0 heterocycles. The van der Waals surface area contributed by atoms with Gasteiger partial charge in [-0.25, -0.2) is 0 Å². The lowest BCUT2D eigenvalue weighted by molar-refractivity contribution is -0.138. The Morgan fingerprint density at radius 2 is 1.93 bits per heavy atom. The molecule has 0 fully saturated rings. The van der Waals surface area contributed by atoms with Gasteiger partial charge in [-0.15, -0.1) is 0 Å². The minimum absolute atomic E-state index is 0.554. The number of alkyl halides is 3. The number of hydrogen-bond donors (Lipinski definition) is 1. The highest BCUT2D eigenvalue weighted by atomic mass is 35.5. The SMILES string of the molecule is O=C(Cl)c1cccc(C(F)(F)F)c1O. The number of rotatable bonds is 1. The van der Waals surface area contributed by atoms with Crippen molar-refractivity contribution < 1.29 is 23.1 Å². The molecule has 76 valence electrons. The first-order valence-corrected chi connectivity index (χ1v) is 3.81. The van der Waals surface area contributed by atoms with E-state index in [-0.39, 0.29) is 0 Å². The van der Waals surface area contributed by atoms with Gasteiger partial charge < -0.3 is 5.11 Å². The lowest BCUT2D eigenvalue weighted by Crippen LogP contribution is -2.06. The van der Waals surface area contributed by atoms with E-state index in [1.165, 1.54) is 0 Å². The molecule has 0 aliphatic rings. The summed E-state index contributed by atoms with van der Waals surface area (Å²) in [6.07, 6.45) is -4.70. The average Bonchev–Trinajstić information content (AvgIpc) is 2.01. The second kappa shape index (κ2) is 3.49. The van der Waals surface area contributed by atoms with E-state index in [1.807, 2.05) is 0 Å². The predicted octanol–water partition coefficient (Wildman–Crippen LogP) is 2.79. The van der Waals surface area contributed by atoms with E-state index in [0.29, 0.717) is 6.07 Å². The molecule has 1 aromatic rings. The zero-order valence-corrected chi connectivity index (χ0v) is 7.36. The van der Waals surface area contributed by atoms with Gasteiger partial charge in [-0.05, 0) is 23.7 Å². The quantitative estimate of drug-likeness (QED) is 0.745. The smallest absolute Gasteiger partial charge is 0.419 e. The molecule has 6 heteroatoms. The van der Waals surface area contributed by atoms with Crippen LogP contribution in [0.1, 0.15) is 15.9 Å². The van der Waals surface area contributed by atoms with Gasteiger partial charge in [0.05, 0.1) is 11.1 Å². The molecule has 0 unspecified atom stereocenters. The van der Waals surface area contributed by atoms with E-state index in [1.54, 1.807) is 0 Å². The standard InChI is InChI=1S/C8H4ClF3O2/c9-7(14)4-2-1-3-5(6(4)13)8(10,11)12/h1-3,13H. The van der Waals surface area contributed by atoms with Crippen molar-refractivity contribution in [1.29, 1.82) is 0 Å². The lowest BCUT2D eigenvalue weighted by Gasteiger charge is -2.09. The molecule has 0 radical (unpaired) electrons. The third kappa shape index (κ3) is 1.98. The molecule has 0 saturated carbocycles. The normalized spacial score (nSPS) is 11.4. The van der Waals surface area contributed by atoms with Crippen LogP contribution in [0.15, 0.2) is 18.2 Å². The first-order valence-electron chi connectivity index (χ1n) is 3.43. The van der Waals surface area contributed by atoms with Gasteiger partial charge in [0.1, 0.15) is 5.75 Å². The minimum Gasteiger partial charge on any atom is -0.507 e. The van der Waals surface area contributed by atoms with E-state index >= 15 is 0 Å². The Balaban J connectivity index is 3.35. The second-order valence-electron chi connectivity index (χ2n) is 2.47. The van der Waals surface area contributed by atoms with Crippen molar-refractivity contribution in [2.24, 2.45) is 0 Å². The van der Waals surface area contributed by atoms with Crippen LogP contribution in [0.25, 0.3) is 0 Å². The van der Waals surface area contributed by atoms with Crippen LogP contribution in [0.5, 0.6) is 5.75 Å². The maximum Gasteiger partial charge on any atom is 0.419 e. The molecule has 2 nitrogen and oxygen atoms in total. The number of benzene rings is 1. The van der Waals surface area contributed by atoms with Gasteiger partial charge in [-0.3, -0.25) is 4.79 Å². The van der Waals surface area contributed by atoms with Crippen molar-refractivity contribution in [2.45, 2.75) is 6.18 Å². The Kier molecular flexibility index (Phi) is 2.71. The van der Waals surface area contributed by atoms with Crippen molar-refractivity contribution in [3.8, 4) is 5.75 Å². The zero-order valence-electron chi connectivity index (χ0n) is 6.60. The van der Waals surface area contributed by atoms with E-state index < -0.39 is 28.3 Å². The highest BCUT2D eigenvalue weighted by Gasteiger charge is 2.35. The van der Waals surface area contributed by atoms with Crippen LogP contribution in [-0.2, 0) is 6.18 Å². The molecule has 0 atom stereocenters. The van der Waals surface area contributed by atoms with E-state index in [4.69, 9.17) is 16.7 Å². The van der Waals surface area contributed by atoms with Gasteiger partial charge in [-0.1, -0.05) is 6.07 Å². The van der Waals surface area contributed by atoms with Gasteiger partial charge in [0.15, 0.2) is 0 Å². The van der Waals surface area contributed by atoms with Crippen LogP contribution in [0.4, 0.5) is 13.2 Å². The largest absolute Gasteiger partial charge is 0.507 e. The fraction of sp³-hybridized carbons (Fsp3) is 0.125. The number of hydrogen-bond acceptors (Lipinski definition) is 2. The average molecular weight is 225 g/mol. The number of carbonyl (C=O) groups is 1. The Labute approximate surface area is 81.9 Å². The highest BCUT2D eigenvalue weighted by molar-refractivity contribution is 6.68. The number of phenols is 1. The monoisotopic (exact) mass is 224 g/mol. The van der Waals surface area contributed by atoms with Crippen molar-refractivity contribution in [2.75, 3.05) is 0 Å². The molecule has 0 saturated heterocycles. The molecular weight excluding hydrogens is 221 g/mol. The molecule has 1 rings (SSSR count). The van der Waals surface area contributed by atoms with E-state index in [0.717, 1.165) is 12.1 Å². The fourth-order valence-electron chi connectivity index (χ4n) is 0.931. The molecule has 0 aliphatic heterocycles. The molecule has 1 N–H and O–H groups in total. The summed E-state index contributed by atoms with van der Waals surface area (Å²) < 4.78 is 36.5. The van der Waals surface area contributed by atoms with Gasteiger partial charge in [0.2, 0.25) is 0 Å². The molecule has 0 aromatic heterocycles. The van der Waals surface area contributed by atoms with Crippen molar-refractivity contribution >= 4 is 16.8 Å². The fourth-order valence-corrected chi connectivity index (χ4v) is 1.08. The maximum atomic E-state index is 12.2. The molecule has 1 aromatic carbocycles. The Morgan fingerprint density at radius 3 is 2.36 bits per heavy atom. The van der Waals surface area contributed by atoms with Crippen molar-refractivity contribution in [1.82, 2.24) is 0 Å². The molecular formula is C8H4ClF3O2. The van der Waals surface area contributed by atoms with Crippen LogP contribution in [0.3, 0.4) is 0 Å². The number of para-hydroxylation sites is 1. The summed E-state index contributed by atoms with van der Waals surface area (Å²) in [6, 6.07) is 2.68. The maximum absolute atomic E-state index is 12.2. The number of carbonyl (C=O) groups excluding carboxylic acids is 1. The summed E-state index contributed by atoms with van der Waals surface area (Å²) >= 11 is 4.96. The summed E-state index contributed by atoms with van der Waals surface area (Å²) in [5.41, 5.74) is -1.83. The highest BCUT2D eigenvalue weighted by Crippen LogP contribution is 2.37. The van der Waals surface area contributed by atoms with Crippen LogP contribution >= 0.6 is 11.6 Å². The van der Waals surface area contributed by atoms with Crippen LogP contribution in [0, 0.1) is 0 Å². The zero-order chi connectivity index (χ0) is 10.9. The first-order chi connectivity index (χ1) is 6.34. The topological polar surface area (TPSA) is 37.3 Å². The van der Waals surface area contributed by atoms with Crippen molar-refractivity contribution in [3.05, 3.63) is 29.3 Å². The predicted molar refractivity (Wildman–Crippen MR) is 43.3 cm³/mol. The summed E-state index contributed by atoms with van der Waals surface area (Å²) in [6.45, 7) is 0. The Morgan fingerprint density at radius 1 is 1.36 bits per heavy atom. The van der Waals surface area contributed by atoms with Gasteiger partial charge in [-0.2, -0.15) is 13.2 Å². The number of halogens is 4. The molecule has 0 bridgehead atoms. The summed E-state index contributed by atoms with van der Waals surface area (Å²) in [7, 11) is 0. The van der Waals surface area contributed by atoms with E-state index in [2.05, 4.69) is 0 Å². The van der Waals surface area contributed by atoms with Crippen LogP contribution in [-0.4, -0.2) is 10.3 Å². The van der Waals surface area contributed by atoms with Crippen LogP contribution in [0.2, 0.25) is 0 Å². The second-order valence-corrected chi connectivity index (χ2v) is 2.82. The van der Waals surface area contributed by atoms with Gasteiger partial charge in [0.25, 0.3) is 5.24 Å². The molecule has 0 aliphatic carbocycles. The first kappa shape index (κ1) is 10.8. The number of phenolic OH excluding ortho intramolecular Hbond substituents is 1. The third-order valence-electron chi connectivity index (χ3n) is 1.55. The third-order valence-corrected chi connectivity index (χ3v) is 1.76. The molecule has 0 amide bonds. The summed E-state index contributed by atoms with van der Waals surface area (Å²) in [4.78, 5) is 10.6. The van der Waals surface area contributed by atoms with Crippen LogP contribution < -0.4 is 0 Å². The summed E-state index contributed by atoms with van der Waals surface area (Å²) in [5.74, 6) is -1.14. The van der Waals surface area contributed by atoms with Gasteiger partial charge in [0, 0.05) is 0 Å². The number of aromatic hydroxyl groups is 1. The van der Waals surface area contributed by atoms with Crippen molar-refractivity contribution in [3.63, 3.8) is 0 Å². The lowest BCUT2D eigenvalue weighted by atomic mass is 10.1. The molecule has 14 heavy (non-hydrogen) atoms. The molecule has 0 spiro atoms. The summed E-state index contributed by atoms with van der Waals surface area (Å²) in [5, 5.41) is 7.94. The van der Waals surface area contributed by atoms with E-state index in [9.17, 15) is 18.0 Å². The minimum atomic E-state index is -4.70. The van der Waals surface area contributed by atoms with Gasteiger partial charge >= 0.3 is 6.18 Å². The Hall–Kier alpha value is -1.23. The Bertz CT molecular complexity index is 373.